The van der Waals surface area contributed by atoms with Crippen molar-refractivity contribution in [2.45, 2.75) is 38.4 Å². The first kappa shape index (κ1) is 16.1. The Morgan fingerprint density at radius 2 is 2.25 bits per heavy atom. The zero-order valence-electron chi connectivity index (χ0n) is 13.4. The maximum atomic E-state index is 12.7. The third-order valence-electron chi connectivity index (χ3n) is 5.20. The Balaban J connectivity index is 1.66. The molecule has 2 aromatic rings. The van der Waals surface area contributed by atoms with E-state index in [2.05, 4.69) is 27.1 Å². The number of hydrogen-bond donors (Lipinski definition) is 1. The molecule has 0 bridgehead atoms. The molecule has 0 saturated carbocycles. The molecule has 0 amide bonds. The highest BCUT2D eigenvalue weighted by Gasteiger charge is 2.43. The predicted octanol–water partition coefficient (Wildman–Crippen LogP) is 3.37. The van der Waals surface area contributed by atoms with Crippen molar-refractivity contribution >= 4 is 27.4 Å². The van der Waals surface area contributed by atoms with Gasteiger partial charge in [-0.3, -0.25) is 0 Å². The van der Waals surface area contributed by atoms with Crippen LogP contribution in [0.1, 0.15) is 24.6 Å². The molecule has 130 valence electrons. The van der Waals surface area contributed by atoms with Crippen LogP contribution in [-0.2, 0) is 6.42 Å². The minimum Gasteiger partial charge on any atom is -0.355 e. The van der Waals surface area contributed by atoms with Crippen LogP contribution in [0.15, 0.2) is 12.4 Å². The van der Waals surface area contributed by atoms with E-state index in [0.29, 0.717) is 15.7 Å². The van der Waals surface area contributed by atoms with E-state index in [4.69, 9.17) is 0 Å². The molecule has 0 unspecified atom stereocenters. The third-order valence-corrected chi connectivity index (χ3v) is 6.24. The summed E-state index contributed by atoms with van der Waals surface area (Å²) >= 11 is 1.11. The summed E-state index contributed by atoms with van der Waals surface area (Å²) in [6.45, 7) is 5.05. The Bertz CT molecular complexity index is 759. The standard InChI is InChI=1S/C16H19F3N4S/c1-15-3-4-20-12(15)2-5-23(8-15)13-11-6-10(7-16(17,18)19)24-14(11)22-9-21-13/h6,9,12,20H,2-5,7-8H2,1H3/t12-,15+/m1/s1. The Hall–Kier alpha value is -1.41. The first-order chi connectivity index (χ1) is 11.3. The van der Waals surface area contributed by atoms with Crippen LogP contribution in [0, 0.1) is 5.41 Å². The summed E-state index contributed by atoms with van der Waals surface area (Å²) in [6.07, 6.45) is -1.49. The molecule has 2 saturated heterocycles. The molecule has 1 N–H and O–H groups in total. The first-order valence-corrected chi connectivity index (χ1v) is 8.94. The maximum Gasteiger partial charge on any atom is 0.393 e. The molecular weight excluding hydrogens is 337 g/mol. The van der Waals surface area contributed by atoms with Crippen LogP contribution < -0.4 is 10.2 Å². The van der Waals surface area contributed by atoms with Crippen molar-refractivity contribution in [3.8, 4) is 0 Å². The monoisotopic (exact) mass is 356 g/mol. The molecule has 4 heterocycles. The lowest BCUT2D eigenvalue weighted by Crippen LogP contribution is -2.51. The Morgan fingerprint density at radius 1 is 1.42 bits per heavy atom. The van der Waals surface area contributed by atoms with Gasteiger partial charge in [-0.15, -0.1) is 11.3 Å². The maximum absolute atomic E-state index is 12.7. The zero-order valence-corrected chi connectivity index (χ0v) is 14.2. The molecule has 2 aromatic heterocycles. The van der Waals surface area contributed by atoms with Gasteiger partial charge in [-0.25, -0.2) is 9.97 Å². The number of nitrogens with one attached hydrogen (secondary N) is 1. The Morgan fingerprint density at radius 3 is 3.04 bits per heavy atom. The fourth-order valence-corrected chi connectivity index (χ4v) is 5.02. The molecule has 4 rings (SSSR count). The molecular formula is C16H19F3N4S. The van der Waals surface area contributed by atoms with Gasteiger partial charge >= 0.3 is 6.18 Å². The summed E-state index contributed by atoms with van der Waals surface area (Å²) in [7, 11) is 0. The topological polar surface area (TPSA) is 41.0 Å². The third kappa shape index (κ3) is 2.86. The summed E-state index contributed by atoms with van der Waals surface area (Å²) in [4.78, 5) is 11.7. The van der Waals surface area contributed by atoms with Gasteiger partial charge < -0.3 is 10.2 Å². The lowest BCUT2D eigenvalue weighted by molar-refractivity contribution is -0.126. The van der Waals surface area contributed by atoms with E-state index in [1.807, 2.05) is 0 Å². The van der Waals surface area contributed by atoms with Crippen LogP contribution in [0.5, 0.6) is 0 Å². The predicted molar refractivity (Wildman–Crippen MR) is 88.5 cm³/mol. The van der Waals surface area contributed by atoms with Crippen LogP contribution in [0.3, 0.4) is 0 Å². The van der Waals surface area contributed by atoms with Crippen molar-refractivity contribution < 1.29 is 13.2 Å². The summed E-state index contributed by atoms with van der Waals surface area (Å²) in [5.41, 5.74) is 0.195. The van der Waals surface area contributed by atoms with E-state index in [9.17, 15) is 13.2 Å². The van der Waals surface area contributed by atoms with Gasteiger partial charge in [0.25, 0.3) is 0 Å². The number of fused-ring (bicyclic) bond motifs is 2. The fraction of sp³-hybridized carbons (Fsp3) is 0.625. The van der Waals surface area contributed by atoms with E-state index >= 15 is 0 Å². The smallest absolute Gasteiger partial charge is 0.355 e. The average molecular weight is 356 g/mol. The number of rotatable bonds is 2. The lowest BCUT2D eigenvalue weighted by atomic mass is 9.78. The quantitative estimate of drug-likeness (QED) is 0.896. The second-order valence-electron chi connectivity index (χ2n) is 7.04. The molecule has 24 heavy (non-hydrogen) atoms. The van der Waals surface area contributed by atoms with Gasteiger partial charge in [0.15, 0.2) is 0 Å². The van der Waals surface area contributed by atoms with Crippen LogP contribution >= 0.6 is 11.3 Å². The van der Waals surface area contributed by atoms with E-state index in [1.165, 1.54) is 6.33 Å². The first-order valence-electron chi connectivity index (χ1n) is 8.13. The second-order valence-corrected chi connectivity index (χ2v) is 8.16. The van der Waals surface area contributed by atoms with Gasteiger partial charge in [-0.2, -0.15) is 13.2 Å². The van der Waals surface area contributed by atoms with E-state index < -0.39 is 12.6 Å². The minimum atomic E-state index is -4.20. The average Bonchev–Trinajstić information content (AvgIpc) is 3.05. The van der Waals surface area contributed by atoms with E-state index in [1.54, 1.807) is 6.07 Å². The minimum absolute atomic E-state index is 0.195. The van der Waals surface area contributed by atoms with Crippen molar-refractivity contribution in [1.29, 1.82) is 0 Å². The van der Waals surface area contributed by atoms with Gasteiger partial charge in [0.05, 0.1) is 11.8 Å². The molecule has 8 heteroatoms. The molecule has 0 spiro atoms. The number of aromatic nitrogens is 2. The van der Waals surface area contributed by atoms with E-state index in [-0.39, 0.29) is 5.41 Å². The number of piperidine rings is 1. The highest BCUT2D eigenvalue weighted by molar-refractivity contribution is 7.18. The molecule has 2 atom stereocenters. The SMILES string of the molecule is C[C@@]12CCN[C@@H]1CCN(c1ncnc3sc(CC(F)(F)F)cc13)C2. The number of nitrogens with zero attached hydrogens (tertiary/aromatic N) is 3. The molecule has 2 aliphatic rings. The van der Waals surface area contributed by atoms with Gasteiger partial charge in [0.1, 0.15) is 17.0 Å². The second kappa shape index (κ2) is 5.56. The van der Waals surface area contributed by atoms with Crippen molar-refractivity contribution in [1.82, 2.24) is 15.3 Å². The van der Waals surface area contributed by atoms with Crippen molar-refractivity contribution in [2.75, 3.05) is 24.5 Å². The highest BCUT2D eigenvalue weighted by Crippen LogP contribution is 2.40. The molecule has 2 fully saturated rings. The van der Waals surface area contributed by atoms with Crippen molar-refractivity contribution in [3.05, 3.63) is 17.3 Å². The summed E-state index contributed by atoms with van der Waals surface area (Å²) in [5.74, 6) is 0.774. The number of thiophene rings is 1. The normalized spacial score (nSPS) is 27.7. The van der Waals surface area contributed by atoms with Gasteiger partial charge in [0.2, 0.25) is 0 Å². The van der Waals surface area contributed by atoms with Crippen LogP contribution in [0.2, 0.25) is 0 Å². The van der Waals surface area contributed by atoms with Gasteiger partial charge in [-0.1, -0.05) is 6.92 Å². The number of halogens is 3. The summed E-state index contributed by atoms with van der Waals surface area (Å²) in [6, 6.07) is 2.14. The Labute approximate surface area is 142 Å². The Kier molecular flexibility index (Phi) is 3.72. The molecule has 2 aliphatic heterocycles. The summed E-state index contributed by atoms with van der Waals surface area (Å²) < 4.78 is 38.0. The molecule has 0 radical (unpaired) electrons. The highest BCUT2D eigenvalue weighted by atomic mass is 32.1. The largest absolute Gasteiger partial charge is 0.393 e. The molecule has 0 aromatic carbocycles. The number of anilines is 1. The van der Waals surface area contributed by atoms with Crippen LogP contribution in [0.25, 0.3) is 10.2 Å². The van der Waals surface area contributed by atoms with Crippen molar-refractivity contribution in [3.63, 3.8) is 0 Å². The zero-order chi connectivity index (χ0) is 16.9. The van der Waals surface area contributed by atoms with Crippen molar-refractivity contribution in [2.24, 2.45) is 5.41 Å². The van der Waals surface area contributed by atoms with Gasteiger partial charge in [-0.05, 0) is 25.5 Å². The van der Waals surface area contributed by atoms with E-state index in [0.717, 1.165) is 55.0 Å². The number of alkyl halides is 3. The fourth-order valence-electron chi connectivity index (χ4n) is 4.00. The number of hydrogen-bond acceptors (Lipinski definition) is 5. The lowest BCUT2D eigenvalue weighted by Gasteiger charge is -2.43. The molecule has 0 aliphatic carbocycles. The van der Waals surface area contributed by atoms with Crippen LogP contribution in [0.4, 0.5) is 19.0 Å². The summed E-state index contributed by atoms with van der Waals surface area (Å²) in [5, 5.41) is 4.30. The molecule has 4 nitrogen and oxygen atoms in total. The van der Waals surface area contributed by atoms with Crippen LogP contribution in [-0.4, -0.2) is 41.8 Å². The van der Waals surface area contributed by atoms with Gasteiger partial charge in [0, 0.05) is 29.4 Å².